The molecule has 1 fully saturated rings. The number of allylic oxidation sites excluding steroid dienone is 1. The van der Waals surface area contributed by atoms with Crippen molar-refractivity contribution in [2.45, 2.75) is 63.8 Å². The van der Waals surface area contributed by atoms with E-state index in [2.05, 4.69) is 41.8 Å². The zero-order valence-corrected chi connectivity index (χ0v) is 20.1. The second-order valence-corrected chi connectivity index (χ2v) is 8.90. The fraction of sp³-hybridized carbons (Fsp3) is 0.517. The average molecular weight is 437 g/mol. The summed E-state index contributed by atoms with van der Waals surface area (Å²) in [4.78, 5) is 2.54. The molecule has 3 rings (SSSR count). The standard InChI is InChI=1S/C23H38N2O.C6H6/c1-20(10-9-15-21-11-5-3-6-12-21)25(23(16-17-24)19-26-2)18-22-13-7-4-8-14-22;1-2-4-6-5-3-1/h3,5-6,11-12,22-23H,1,4,7-10,13-19,24H2,2H3;1-6H. The van der Waals surface area contributed by atoms with Gasteiger partial charge < -0.3 is 15.4 Å². The summed E-state index contributed by atoms with van der Waals surface area (Å²) in [7, 11) is 1.79. The Morgan fingerprint density at radius 1 is 1.00 bits per heavy atom. The molecule has 0 spiro atoms. The van der Waals surface area contributed by atoms with Crippen LogP contribution in [0.4, 0.5) is 0 Å². The van der Waals surface area contributed by atoms with Crippen molar-refractivity contribution in [3.8, 4) is 0 Å². The lowest BCUT2D eigenvalue weighted by atomic mass is 9.88. The van der Waals surface area contributed by atoms with E-state index in [9.17, 15) is 0 Å². The van der Waals surface area contributed by atoms with Crippen LogP contribution in [0.2, 0.25) is 0 Å². The van der Waals surface area contributed by atoms with E-state index in [0.29, 0.717) is 12.6 Å². The molecule has 176 valence electrons. The lowest BCUT2D eigenvalue weighted by molar-refractivity contribution is 0.0897. The first-order valence-corrected chi connectivity index (χ1v) is 12.4. The molecule has 1 aliphatic rings. The highest BCUT2D eigenvalue weighted by molar-refractivity contribution is 5.15. The van der Waals surface area contributed by atoms with Crippen LogP contribution < -0.4 is 5.73 Å². The molecule has 2 N–H and O–H groups in total. The van der Waals surface area contributed by atoms with Gasteiger partial charge in [0.1, 0.15) is 0 Å². The van der Waals surface area contributed by atoms with E-state index in [1.807, 2.05) is 36.4 Å². The van der Waals surface area contributed by atoms with Crippen LogP contribution in [-0.2, 0) is 11.2 Å². The first kappa shape index (κ1) is 26.2. The van der Waals surface area contributed by atoms with Crippen LogP contribution in [0.5, 0.6) is 0 Å². The minimum Gasteiger partial charge on any atom is -0.383 e. The molecule has 1 atom stereocenters. The first-order chi connectivity index (χ1) is 15.7. The first-order valence-electron chi connectivity index (χ1n) is 12.4. The zero-order chi connectivity index (χ0) is 22.9. The number of hydrogen-bond donors (Lipinski definition) is 1. The Kier molecular flexibility index (Phi) is 13.5. The predicted molar refractivity (Wildman–Crippen MR) is 138 cm³/mol. The SMILES string of the molecule is C=C(CCCc1ccccc1)N(CC1CCCCC1)C(CCN)COC.c1ccccc1. The molecular formula is C29H44N2O. The van der Waals surface area contributed by atoms with Crippen LogP contribution in [0.25, 0.3) is 0 Å². The Bertz CT molecular complexity index is 665. The van der Waals surface area contributed by atoms with E-state index in [1.54, 1.807) is 7.11 Å². The third-order valence-electron chi connectivity index (χ3n) is 6.33. The molecule has 0 heterocycles. The second kappa shape index (κ2) is 16.5. The van der Waals surface area contributed by atoms with E-state index in [0.717, 1.165) is 44.8 Å². The number of nitrogens with zero attached hydrogens (tertiary/aromatic N) is 1. The lowest BCUT2D eigenvalue weighted by Gasteiger charge is -2.38. The number of hydrogen-bond acceptors (Lipinski definition) is 3. The summed E-state index contributed by atoms with van der Waals surface area (Å²) < 4.78 is 5.51. The normalized spacial score (nSPS) is 14.8. The van der Waals surface area contributed by atoms with Crippen molar-refractivity contribution in [2.75, 3.05) is 26.8 Å². The Labute approximate surface area is 196 Å². The molecule has 0 amide bonds. The van der Waals surface area contributed by atoms with Gasteiger partial charge in [-0.1, -0.05) is 92.6 Å². The molecule has 3 heteroatoms. The molecule has 0 aliphatic heterocycles. The summed E-state index contributed by atoms with van der Waals surface area (Å²) in [5.41, 5.74) is 8.57. The topological polar surface area (TPSA) is 38.5 Å². The van der Waals surface area contributed by atoms with Gasteiger partial charge in [0.15, 0.2) is 0 Å². The van der Waals surface area contributed by atoms with Gasteiger partial charge in [0, 0.05) is 19.4 Å². The molecule has 2 aromatic rings. The van der Waals surface area contributed by atoms with E-state index in [-0.39, 0.29) is 0 Å². The molecule has 32 heavy (non-hydrogen) atoms. The smallest absolute Gasteiger partial charge is 0.0666 e. The third-order valence-corrected chi connectivity index (χ3v) is 6.33. The van der Waals surface area contributed by atoms with Gasteiger partial charge in [-0.05, 0) is 56.6 Å². The number of rotatable bonds is 12. The van der Waals surface area contributed by atoms with Gasteiger partial charge in [0.2, 0.25) is 0 Å². The maximum absolute atomic E-state index is 5.90. The van der Waals surface area contributed by atoms with E-state index in [4.69, 9.17) is 10.5 Å². The molecular weight excluding hydrogens is 392 g/mol. The Balaban J connectivity index is 0.000000520. The minimum absolute atomic E-state index is 0.358. The number of nitrogens with two attached hydrogens (primary N) is 1. The highest BCUT2D eigenvalue weighted by Gasteiger charge is 2.24. The molecule has 1 saturated carbocycles. The van der Waals surface area contributed by atoms with Crippen molar-refractivity contribution >= 4 is 0 Å². The molecule has 1 unspecified atom stereocenters. The van der Waals surface area contributed by atoms with Gasteiger partial charge in [0.25, 0.3) is 0 Å². The summed E-state index contributed by atoms with van der Waals surface area (Å²) >= 11 is 0. The highest BCUT2D eigenvalue weighted by atomic mass is 16.5. The molecule has 0 aromatic heterocycles. The predicted octanol–water partition coefficient (Wildman–Crippen LogP) is 6.46. The molecule has 3 nitrogen and oxygen atoms in total. The van der Waals surface area contributed by atoms with Gasteiger partial charge in [-0.25, -0.2) is 0 Å². The van der Waals surface area contributed by atoms with Gasteiger partial charge >= 0.3 is 0 Å². The summed E-state index contributed by atoms with van der Waals surface area (Å²) in [6.07, 6.45) is 11.2. The summed E-state index contributed by atoms with van der Waals surface area (Å²) in [5, 5.41) is 0. The number of ether oxygens (including phenoxy) is 1. The van der Waals surface area contributed by atoms with Crippen molar-refractivity contribution < 1.29 is 4.74 Å². The van der Waals surface area contributed by atoms with Crippen molar-refractivity contribution in [2.24, 2.45) is 11.7 Å². The average Bonchev–Trinajstić information content (AvgIpc) is 2.85. The number of methoxy groups -OCH3 is 1. The summed E-state index contributed by atoms with van der Waals surface area (Å²) in [6, 6.07) is 23.1. The molecule has 0 radical (unpaired) electrons. The zero-order valence-electron chi connectivity index (χ0n) is 20.1. The van der Waals surface area contributed by atoms with Crippen LogP contribution in [0, 0.1) is 5.92 Å². The van der Waals surface area contributed by atoms with Crippen molar-refractivity contribution in [1.82, 2.24) is 4.90 Å². The fourth-order valence-corrected chi connectivity index (χ4v) is 4.57. The largest absolute Gasteiger partial charge is 0.383 e. The Morgan fingerprint density at radius 2 is 1.59 bits per heavy atom. The van der Waals surface area contributed by atoms with Gasteiger partial charge in [-0.3, -0.25) is 0 Å². The number of benzene rings is 2. The van der Waals surface area contributed by atoms with Crippen LogP contribution in [0.3, 0.4) is 0 Å². The second-order valence-electron chi connectivity index (χ2n) is 8.90. The van der Waals surface area contributed by atoms with Crippen LogP contribution in [0.15, 0.2) is 79.0 Å². The monoisotopic (exact) mass is 436 g/mol. The van der Waals surface area contributed by atoms with E-state index >= 15 is 0 Å². The molecule has 1 aliphatic carbocycles. The summed E-state index contributed by atoms with van der Waals surface area (Å²) in [5.74, 6) is 0.798. The van der Waals surface area contributed by atoms with Crippen LogP contribution in [0.1, 0.15) is 56.9 Å². The van der Waals surface area contributed by atoms with Crippen molar-refractivity contribution in [3.05, 3.63) is 84.6 Å². The third kappa shape index (κ3) is 10.5. The Morgan fingerprint density at radius 3 is 2.16 bits per heavy atom. The van der Waals surface area contributed by atoms with Crippen molar-refractivity contribution in [3.63, 3.8) is 0 Å². The van der Waals surface area contributed by atoms with E-state index < -0.39 is 0 Å². The maximum atomic E-state index is 5.90. The van der Waals surface area contributed by atoms with Crippen LogP contribution >= 0.6 is 0 Å². The number of aryl methyl sites for hydroxylation is 1. The molecule has 2 aromatic carbocycles. The minimum atomic E-state index is 0.358. The van der Waals surface area contributed by atoms with E-state index in [1.165, 1.54) is 43.4 Å². The van der Waals surface area contributed by atoms with Gasteiger partial charge in [-0.15, -0.1) is 0 Å². The fourth-order valence-electron chi connectivity index (χ4n) is 4.57. The Hall–Kier alpha value is -2.10. The van der Waals surface area contributed by atoms with Crippen molar-refractivity contribution in [1.29, 1.82) is 0 Å². The molecule has 0 saturated heterocycles. The summed E-state index contributed by atoms with van der Waals surface area (Å²) in [6.45, 7) is 7.03. The lowest BCUT2D eigenvalue weighted by Crippen LogP contribution is -2.42. The van der Waals surface area contributed by atoms with Crippen LogP contribution in [-0.4, -0.2) is 37.7 Å². The quantitative estimate of drug-likeness (QED) is 0.415. The maximum Gasteiger partial charge on any atom is 0.0666 e. The highest BCUT2D eigenvalue weighted by Crippen LogP contribution is 2.28. The molecule has 0 bridgehead atoms. The van der Waals surface area contributed by atoms with Gasteiger partial charge in [-0.2, -0.15) is 0 Å². The van der Waals surface area contributed by atoms with Gasteiger partial charge in [0.05, 0.1) is 12.6 Å².